The maximum atomic E-state index is 15.1. The zero-order valence-corrected chi connectivity index (χ0v) is 24.9. The van der Waals surface area contributed by atoms with Crippen molar-refractivity contribution in [1.29, 1.82) is 0 Å². The molecule has 12 heteroatoms. The van der Waals surface area contributed by atoms with E-state index in [1.807, 2.05) is 24.0 Å². The molecule has 9 nitrogen and oxygen atoms in total. The molecule has 0 unspecified atom stereocenters. The van der Waals surface area contributed by atoms with E-state index in [9.17, 15) is 9.50 Å². The predicted molar refractivity (Wildman–Crippen MR) is 155 cm³/mol. The maximum absolute atomic E-state index is 15.1. The van der Waals surface area contributed by atoms with Crippen molar-refractivity contribution < 1.29 is 27.8 Å². The molecule has 0 aliphatic carbocycles. The highest BCUT2D eigenvalue weighted by molar-refractivity contribution is 5.65. The van der Waals surface area contributed by atoms with Crippen LogP contribution in [0.2, 0.25) is 0 Å². The number of hydrogen-bond acceptors (Lipinski definition) is 8. The molecule has 5 heterocycles. The van der Waals surface area contributed by atoms with Gasteiger partial charge in [0.2, 0.25) is 0 Å². The number of piperidine rings is 1. The van der Waals surface area contributed by atoms with E-state index in [1.165, 1.54) is 18.5 Å². The molecule has 3 N–H and O–H groups in total. The van der Waals surface area contributed by atoms with Crippen molar-refractivity contribution in [1.82, 2.24) is 24.4 Å². The summed E-state index contributed by atoms with van der Waals surface area (Å²) in [6.07, 6.45) is 1.70. The molecule has 3 aliphatic heterocycles. The van der Waals surface area contributed by atoms with Crippen LogP contribution >= 0.6 is 0 Å². The molecule has 0 bridgehead atoms. The molecule has 3 aromatic rings. The summed E-state index contributed by atoms with van der Waals surface area (Å²) in [6, 6.07) is 10.2. The number of hydrogen-bond donors (Lipinski definition) is 2. The lowest BCUT2D eigenvalue weighted by molar-refractivity contribution is -0.221. The summed E-state index contributed by atoms with van der Waals surface area (Å²) in [5.41, 5.74) is 7.83. The zero-order valence-electron chi connectivity index (χ0n) is 24.9. The molecule has 6 rings (SSSR count). The van der Waals surface area contributed by atoms with Gasteiger partial charge in [0.25, 0.3) is 5.92 Å². The van der Waals surface area contributed by atoms with E-state index >= 15 is 8.78 Å². The molecule has 3 aliphatic rings. The fourth-order valence-corrected chi connectivity index (χ4v) is 7.21. The minimum Gasteiger partial charge on any atom is -0.382 e. The Kier molecular flexibility index (Phi) is 7.95. The highest BCUT2D eigenvalue weighted by atomic mass is 19.3. The Morgan fingerprint density at radius 1 is 1.14 bits per heavy atom. The topological polar surface area (TPSA) is 101 Å². The second-order valence-corrected chi connectivity index (χ2v) is 13.0. The van der Waals surface area contributed by atoms with Crippen LogP contribution in [0.15, 0.2) is 42.7 Å². The number of rotatable bonds is 8. The number of nitrogens with zero attached hydrogens (tertiary/aromatic N) is 5. The number of anilines is 1. The molecule has 2 aromatic heterocycles. The van der Waals surface area contributed by atoms with Gasteiger partial charge in [-0.05, 0) is 76.0 Å². The first-order valence-electron chi connectivity index (χ1n) is 15.1. The van der Waals surface area contributed by atoms with Gasteiger partial charge in [-0.2, -0.15) is 5.10 Å². The van der Waals surface area contributed by atoms with Crippen LogP contribution in [0.1, 0.15) is 57.4 Å². The standard InChI is InChI=1S/C31H41F3N6O3/c1-20-25(42-27(26(20)43-29(2,3)41)23-8-9-24-28(35)36-19-37-40(23)24)16-39-18-31(33,34)17-30(39)11-14-38(15-12-30)13-10-21-4-6-22(32)7-5-21/h4-9,19-20,25-27,41H,10-18H2,1-3H3,(H2,35,36,37)/t20-,25-,26-,27+/m1/s1. The van der Waals surface area contributed by atoms with Gasteiger partial charge in [0.05, 0.1) is 24.4 Å². The van der Waals surface area contributed by atoms with E-state index in [0.29, 0.717) is 36.4 Å². The van der Waals surface area contributed by atoms with Crippen LogP contribution in [0.3, 0.4) is 0 Å². The first-order valence-corrected chi connectivity index (χ1v) is 15.1. The number of nitrogen functional groups attached to an aromatic ring is 1. The number of alkyl halides is 2. The van der Waals surface area contributed by atoms with Crippen molar-refractivity contribution in [3.05, 3.63) is 59.8 Å². The molecule has 4 atom stereocenters. The molecule has 43 heavy (non-hydrogen) atoms. The van der Waals surface area contributed by atoms with Gasteiger partial charge in [0.1, 0.15) is 23.8 Å². The number of benzene rings is 1. The van der Waals surface area contributed by atoms with Crippen LogP contribution < -0.4 is 5.73 Å². The van der Waals surface area contributed by atoms with E-state index in [-0.39, 0.29) is 24.7 Å². The number of aliphatic hydroxyl groups is 1. The summed E-state index contributed by atoms with van der Waals surface area (Å²) >= 11 is 0. The lowest BCUT2D eigenvalue weighted by atomic mass is 9.83. The van der Waals surface area contributed by atoms with Gasteiger partial charge in [-0.3, -0.25) is 4.90 Å². The normalized spacial score (nSPS) is 27.9. The summed E-state index contributed by atoms with van der Waals surface area (Å²) < 4.78 is 57.9. The SMILES string of the molecule is C[C@H]1[C@@H](OC(C)(C)O)[C@H](c2ccc3c(N)ncnn23)O[C@@H]1CN1CC(F)(F)CC12CCN(CCc1ccc(F)cc1)CC2. The third-order valence-electron chi connectivity index (χ3n) is 9.45. The van der Waals surface area contributed by atoms with Crippen molar-refractivity contribution >= 4 is 11.3 Å². The molecule has 1 aromatic carbocycles. The van der Waals surface area contributed by atoms with Crippen molar-refractivity contribution in [2.75, 3.05) is 38.5 Å². The first kappa shape index (κ1) is 30.3. The average Bonchev–Trinajstić information content (AvgIpc) is 3.57. The van der Waals surface area contributed by atoms with Gasteiger partial charge in [-0.25, -0.2) is 22.7 Å². The number of halogens is 3. The Morgan fingerprint density at radius 3 is 2.56 bits per heavy atom. The summed E-state index contributed by atoms with van der Waals surface area (Å²) in [6.45, 7) is 7.39. The highest BCUT2D eigenvalue weighted by Gasteiger charge is 2.57. The van der Waals surface area contributed by atoms with E-state index in [1.54, 1.807) is 30.5 Å². The fraction of sp³-hybridized carbons (Fsp3) is 0.613. The summed E-state index contributed by atoms with van der Waals surface area (Å²) in [7, 11) is 0. The second-order valence-electron chi connectivity index (χ2n) is 13.0. The zero-order chi connectivity index (χ0) is 30.6. The first-order chi connectivity index (χ1) is 20.3. The van der Waals surface area contributed by atoms with Gasteiger partial charge < -0.3 is 25.2 Å². The molecule has 3 saturated heterocycles. The van der Waals surface area contributed by atoms with E-state index in [2.05, 4.69) is 15.0 Å². The van der Waals surface area contributed by atoms with Gasteiger partial charge in [0.15, 0.2) is 11.6 Å². The van der Waals surface area contributed by atoms with E-state index < -0.39 is 35.6 Å². The highest BCUT2D eigenvalue weighted by Crippen LogP contribution is 2.48. The quantitative estimate of drug-likeness (QED) is 0.373. The molecule has 3 fully saturated rings. The van der Waals surface area contributed by atoms with Gasteiger partial charge in [-0.1, -0.05) is 19.1 Å². The summed E-state index contributed by atoms with van der Waals surface area (Å²) in [5, 5.41) is 15.0. The Balaban J connectivity index is 1.18. The minimum absolute atomic E-state index is 0.167. The fourth-order valence-electron chi connectivity index (χ4n) is 7.21. The number of aromatic nitrogens is 3. The predicted octanol–water partition coefficient (Wildman–Crippen LogP) is 4.06. The molecule has 1 spiro atoms. The van der Waals surface area contributed by atoms with Crippen LogP contribution in [-0.2, 0) is 15.9 Å². The van der Waals surface area contributed by atoms with Crippen LogP contribution in [0.25, 0.3) is 5.52 Å². The third kappa shape index (κ3) is 6.26. The van der Waals surface area contributed by atoms with Crippen LogP contribution in [0.5, 0.6) is 0 Å². The van der Waals surface area contributed by atoms with Crippen molar-refractivity contribution in [2.45, 2.75) is 82.0 Å². The molecule has 0 amide bonds. The number of ether oxygens (including phenoxy) is 2. The van der Waals surface area contributed by atoms with Crippen LogP contribution in [0.4, 0.5) is 19.0 Å². The molecular weight excluding hydrogens is 561 g/mol. The van der Waals surface area contributed by atoms with Crippen molar-refractivity contribution in [2.24, 2.45) is 5.92 Å². The maximum Gasteiger partial charge on any atom is 0.262 e. The minimum atomic E-state index is -2.79. The van der Waals surface area contributed by atoms with E-state index in [4.69, 9.17) is 15.2 Å². The van der Waals surface area contributed by atoms with E-state index in [0.717, 1.165) is 31.6 Å². The smallest absolute Gasteiger partial charge is 0.262 e. The Bertz CT molecular complexity index is 1420. The summed E-state index contributed by atoms with van der Waals surface area (Å²) in [5.74, 6) is -4.35. The largest absolute Gasteiger partial charge is 0.382 e. The van der Waals surface area contributed by atoms with Crippen LogP contribution in [0, 0.1) is 11.7 Å². The van der Waals surface area contributed by atoms with Gasteiger partial charge in [0, 0.05) is 31.0 Å². The molecule has 0 saturated carbocycles. The molecular formula is C31H41F3N6O3. The number of fused-ring (bicyclic) bond motifs is 1. The van der Waals surface area contributed by atoms with Gasteiger partial charge >= 0.3 is 0 Å². The Hall–Kier alpha value is -2.77. The Morgan fingerprint density at radius 2 is 1.86 bits per heavy atom. The molecule has 234 valence electrons. The third-order valence-corrected chi connectivity index (χ3v) is 9.45. The number of likely N-dealkylation sites (tertiary alicyclic amines) is 2. The lowest BCUT2D eigenvalue weighted by Crippen LogP contribution is -2.54. The lowest BCUT2D eigenvalue weighted by Gasteiger charge is -2.45. The van der Waals surface area contributed by atoms with Gasteiger partial charge in [-0.15, -0.1) is 0 Å². The monoisotopic (exact) mass is 602 g/mol. The number of nitrogens with two attached hydrogens (primary N) is 1. The van der Waals surface area contributed by atoms with Crippen molar-refractivity contribution in [3.63, 3.8) is 0 Å². The van der Waals surface area contributed by atoms with Crippen LogP contribution in [-0.4, -0.2) is 91.7 Å². The van der Waals surface area contributed by atoms with Crippen molar-refractivity contribution in [3.8, 4) is 0 Å². The second kappa shape index (κ2) is 11.3. The average molecular weight is 603 g/mol. The Labute approximate surface area is 249 Å². The summed E-state index contributed by atoms with van der Waals surface area (Å²) in [4.78, 5) is 8.32. The molecule has 0 radical (unpaired) electrons.